The Kier molecular flexibility index (Phi) is 3.44. The molecule has 5 nitrogen and oxygen atoms in total. The molecule has 0 spiro atoms. The zero-order valence-corrected chi connectivity index (χ0v) is 11.6. The van der Waals surface area contributed by atoms with Crippen LogP contribution in [0, 0.1) is 4.77 Å². The Balaban J connectivity index is 2.07. The monoisotopic (exact) mass is 276 g/mol. The minimum absolute atomic E-state index is 0.201. The molecule has 100 valence electrons. The number of aromatic amines is 1. The summed E-state index contributed by atoms with van der Waals surface area (Å²) in [6.07, 6.45) is 5.24. The number of rotatable bonds is 3. The number of pyridine rings is 1. The number of methoxy groups -OCH3 is 1. The molecule has 1 saturated carbocycles. The number of aromatic nitrogens is 4. The third-order valence-corrected chi connectivity index (χ3v) is 3.94. The van der Waals surface area contributed by atoms with E-state index < -0.39 is 0 Å². The van der Waals surface area contributed by atoms with Gasteiger partial charge in [-0.25, -0.2) is 0 Å². The third kappa shape index (κ3) is 2.21. The summed E-state index contributed by atoms with van der Waals surface area (Å²) in [5.41, 5.74) is 0.830. The Morgan fingerprint density at radius 2 is 2.32 bits per heavy atom. The van der Waals surface area contributed by atoms with Crippen molar-refractivity contribution >= 4 is 12.2 Å². The van der Waals surface area contributed by atoms with Gasteiger partial charge in [-0.05, 0) is 43.6 Å². The highest BCUT2D eigenvalue weighted by atomic mass is 32.1. The largest absolute Gasteiger partial charge is 0.379 e. The van der Waals surface area contributed by atoms with Crippen LogP contribution < -0.4 is 0 Å². The minimum Gasteiger partial charge on any atom is -0.379 e. The third-order valence-electron chi connectivity index (χ3n) is 3.65. The lowest BCUT2D eigenvalue weighted by atomic mass is 10.2. The molecule has 1 fully saturated rings. The van der Waals surface area contributed by atoms with Crippen LogP contribution in [0.15, 0.2) is 24.4 Å². The van der Waals surface area contributed by atoms with Gasteiger partial charge in [0.15, 0.2) is 10.6 Å². The number of hydrogen-bond donors (Lipinski definition) is 1. The van der Waals surface area contributed by atoms with Crippen LogP contribution in [0.25, 0.3) is 11.5 Å². The lowest BCUT2D eigenvalue weighted by Gasteiger charge is -2.20. The van der Waals surface area contributed by atoms with E-state index in [1.165, 1.54) is 0 Å². The number of ether oxygens (including phenoxy) is 1. The van der Waals surface area contributed by atoms with Crippen molar-refractivity contribution in [2.24, 2.45) is 0 Å². The van der Waals surface area contributed by atoms with Gasteiger partial charge in [-0.15, -0.1) is 0 Å². The van der Waals surface area contributed by atoms with E-state index >= 15 is 0 Å². The maximum absolute atomic E-state index is 5.56. The molecule has 0 amide bonds. The van der Waals surface area contributed by atoms with E-state index in [4.69, 9.17) is 17.0 Å². The van der Waals surface area contributed by atoms with E-state index in [2.05, 4.69) is 19.7 Å². The van der Waals surface area contributed by atoms with E-state index in [0.717, 1.165) is 30.8 Å². The molecule has 2 unspecified atom stereocenters. The fourth-order valence-corrected chi connectivity index (χ4v) is 3.03. The highest BCUT2D eigenvalue weighted by Gasteiger charge is 2.31. The van der Waals surface area contributed by atoms with Crippen molar-refractivity contribution < 1.29 is 4.74 Å². The average molecular weight is 276 g/mol. The van der Waals surface area contributed by atoms with Crippen molar-refractivity contribution in [3.63, 3.8) is 0 Å². The molecule has 19 heavy (non-hydrogen) atoms. The van der Waals surface area contributed by atoms with Gasteiger partial charge in [0.25, 0.3) is 0 Å². The van der Waals surface area contributed by atoms with Crippen molar-refractivity contribution in [2.75, 3.05) is 7.11 Å². The second-order valence-electron chi connectivity index (χ2n) is 4.71. The Morgan fingerprint density at radius 1 is 1.42 bits per heavy atom. The summed E-state index contributed by atoms with van der Waals surface area (Å²) in [6, 6.07) is 6.03. The molecule has 1 N–H and O–H groups in total. The normalized spacial score (nSPS) is 22.8. The summed E-state index contributed by atoms with van der Waals surface area (Å²) in [5.74, 6) is 0.791. The first kappa shape index (κ1) is 12.5. The van der Waals surface area contributed by atoms with Crippen LogP contribution in [-0.2, 0) is 4.74 Å². The Bertz CT molecular complexity index is 607. The van der Waals surface area contributed by atoms with E-state index in [-0.39, 0.29) is 12.1 Å². The van der Waals surface area contributed by atoms with E-state index in [1.54, 1.807) is 13.3 Å². The standard InChI is InChI=1S/C13H16N4OS/c1-18-11-7-4-6-10(11)17-12(15-16-13(17)19)9-5-2-3-8-14-9/h2-3,5,8,10-11H,4,6-7H2,1H3,(H,16,19). The SMILES string of the molecule is COC1CCCC1n1c(-c2ccccn2)n[nH]c1=S. The first-order valence-electron chi connectivity index (χ1n) is 6.42. The maximum Gasteiger partial charge on any atom is 0.195 e. The second kappa shape index (κ2) is 5.22. The van der Waals surface area contributed by atoms with Crippen molar-refractivity contribution in [2.45, 2.75) is 31.4 Å². The number of nitrogens with zero attached hydrogens (tertiary/aromatic N) is 3. The highest BCUT2D eigenvalue weighted by Crippen LogP contribution is 2.34. The van der Waals surface area contributed by atoms with Crippen LogP contribution in [0.4, 0.5) is 0 Å². The van der Waals surface area contributed by atoms with Crippen molar-refractivity contribution in [1.82, 2.24) is 19.7 Å². The minimum atomic E-state index is 0.201. The second-order valence-corrected chi connectivity index (χ2v) is 5.10. The molecular formula is C13H16N4OS. The Labute approximate surface area is 116 Å². The molecule has 3 rings (SSSR count). The van der Waals surface area contributed by atoms with Crippen LogP contribution in [-0.4, -0.2) is 33.0 Å². The first-order valence-corrected chi connectivity index (χ1v) is 6.83. The molecule has 0 saturated heterocycles. The Hall–Kier alpha value is -1.53. The molecule has 2 heterocycles. The average Bonchev–Trinajstić information content (AvgIpc) is 3.05. The molecule has 0 radical (unpaired) electrons. The molecule has 1 aliphatic carbocycles. The van der Waals surface area contributed by atoms with E-state index in [9.17, 15) is 0 Å². The van der Waals surface area contributed by atoms with Crippen LogP contribution in [0.3, 0.4) is 0 Å². The van der Waals surface area contributed by atoms with Crippen LogP contribution in [0.1, 0.15) is 25.3 Å². The van der Waals surface area contributed by atoms with Gasteiger partial charge in [-0.1, -0.05) is 6.07 Å². The number of H-pyrrole nitrogens is 1. The molecule has 6 heteroatoms. The predicted octanol–water partition coefficient (Wildman–Crippen LogP) is 2.74. The van der Waals surface area contributed by atoms with Gasteiger partial charge in [0, 0.05) is 13.3 Å². The quantitative estimate of drug-likeness (QED) is 0.876. The van der Waals surface area contributed by atoms with Crippen molar-refractivity contribution in [1.29, 1.82) is 0 Å². The van der Waals surface area contributed by atoms with E-state index in [1.807, 2.05) is 18.2 Å². The lowest BCUT2D eigenvalue weighted by Crippen LogP contribution is -2.21. The molecule has 2 aromatic rings. The first-order chi connectivity index (χ1) is 9.31. The maximum atomic E-state index is 5.56. The summed E-state index contributed by atoms with van der Waals surface area (Å²) in [6.45, 7) is 0. The van der Waals surface area contributed by atoms with Gasteiger partial charge in [0.2, 0.25) is 0 Å². The summed E-state index contributed by atoms with van der Waals surface area (Å²) in [4.78, 5) is 4.35. The smallest absolute Gasteiger partial charge is 0.195 e. The molecular weight excluding hydrogens is 260 g/mol. The molecule has 0 bridgehead atoms. The van der Waals surface area contributed by atoms with E-state index in [0.29, 0.717) is 4.77 Å². The number of nitrogens with one attached hydrogen (secondary N) is 1. The number of hydrogen-bond acceptors (Lipinski definition) is 4. The fourth-order valence-electron chi connectivity index (χ4n) is 2.76. The van der Waals surface area contributed by atoms with Crippen molar-refractivity contribution in [3.8, 4) is 11.5 Å². The summed E-state index contributed by atoms with van der Waals surface area (Å²) >= 11 is 5.37. The van der Waals surface area contributed by atoms with Crippen LogP contribution >= 0.6 is 12.2 Å². The molecule has 2 atom stereocenters. The summed E-state index contributed by atoms with van der Waals surface area (Å²) in [7, 11) is 1.76. The van der Waals surface area contributed by atoms with Gasteiger partial charge >= 0.3 is 0 Å². The molecule has 2 aromatic heterocycles. The molecule has 0 aliphatic heterocycles. The molecule has 1 aliphatic rings. The van der Waals surface area contributed by atoms with Crippen LogP contribution in [0.5, 0.6) is 0 Å². The van der Waals surface area contributed by atoms with Crippen molar-refractivity contribution in [3.05, 3.63) is 29.2 Å². The van der Waals surface area contributed by atoms with Gasteiger partial charge in [-0.2, -0.15) is 5.10 Å². The zero-order chi connectivity index (χ0) is 13.2. The summed E-state index contributed by atoms with van der Waals surface area (Å²) < 4.78 is 8.25. The Morgan fingerprint density at radius 3 is 3.05 bits per heavy atom. The van der Waals surface area contributed by atoms with Gasteiger partial charge in [0.05, 0.1) is 12.1 Å². The highest BCUT2D eigenvalue weighted by molar-refractivity contribution is 7.71. The van der Waals surface area contributed by atoms with Gasteiger partial charge < -0.3 is 4.74 Å². The predicted molar refractivity (Wildman–Crippen MR) is 74.3 cm³/mol. The van der Waals surface area contributed by atoms with Crippen LogP contribution in [0.2, 0.25) is 0 Å². The fraction of sp³-hybridized carbons (Fsp3) is 0.462. The molecule has 0 aromatic carbocycles. The lowest BCUT2D eigenvalue weighted by molar-refractivity contribution is 0.0749. The van der Waals surface area contributed by atoms with Gasteiger partial charge in [-0.3, -0.25) is 14.6 Å². The summed E-state index contributed by atoms with van der Waals surface area (Å²) in [5, 5.41) is 7.20. The topological polar surface area (TPSA) is 55.7 Å². The zero-order valence-electron chi connectivity index (χ0n) is 10.7. The van der Waals surface area contributed by atoms with Gasteiger partial charge in [0.1, 0.15) is 5.69 Å².